The SMILES string of the molecule is C#CCCC(=O)Nc1cccc(-c2ccnc3c(C#N)ncn23)c1. The number of hydrogen-bond acceptors (Lipinski definition) is 4. The number of terminal acetylenes is 1. The molecule has 3 aromatic rings. The van der Waals surface area contributed by atoms with Crippen LogP contribution in [0.25, 0.3) is 16.9 Å². The average Bonchev–Trinajstić information content (AvgIpc) is 3.03. The minimum Gasteiger partial charge on any atom is -0.326 e. The third-order valence-electron chi connectivity index (χ3n) is 3.48. The van der Waals surface area contributed by atoms with E-state index in [0.717, 1.165) is 11.3 Å². The van der Waals surface area contributed by atoms with Crippen molar-refractivity contribution in [3.05, 3.63) is 48.5 Å². The lowest BCUT2D eigenvalue weighted by Crippen LogP contribution is -2.10. The van der Waals surface area contributed by atoms with E-state index in [1.165, 1.54) is 0 Å². The molecule has 24 heavy (non-hydrogen) atoms. The first kappa shape index (κ1) is 15.3. The van der Waals surface area contributed by atoms with Crippen LogP contribution < -0.4 is 5.32 Å². The highest BCUT2D eigenvalue weighted by atomic mass is 16.1. The molecule has 0 aliphatic rings. The number of carbonyl (C=O) groups excluding carboxylic acids is 1. The van der Waals surface area contributed by atoms with Gasteiger partial charge in [0.2, 0.25) is 5.91 Å². The number of carbonyl (C=O) groups is 1. The fourth-order valence-electron chi connectivity index (χ4n) is 2.38. The highest BCUT2D eigenvalue weighted by Gasteiger charge is 2.10. The van der Waals surface area contributed by atoms with E-state index >= 15 is 0 Å². The van der Waals surface area contributed by atoms with Crippen molar-refractivity contribution in [2.45, 2.75) is 12.8 Å². The summed E-state index contributed by atoms with van der Waals surface area (Å²) in [5, 5.41) is 11.9. The Hall–Kier alpha value is -3.64. The van der Waals surface area contributed by atoms with E-state index in [2.05, 4.69) is 21.2 Å². The lowest BCUT2D eigenvalue weighted by molar-refractivity contribution is -0.116. The zero-order valence-corrected chi connectivity index (χ0v) is 12.7. The Balaban J connectivity index is 1.95. The summed E-state index contributed by atoms with van der Waals surface area (Å²) < 4.78 is 1.75. The number of aromatic nitrogens is 3. The second-order valence-corrected chi connectivity index (χ2v) is 5.06. The van der Waals surface area contributed by atoms with Crippen LogP contribution in [-0.4, -0.2) is 20.3 Å². The maximum absolute atomic E-state index is 11.8. The molecular weight excluding hydrogens is 302 g/mol. The molecule has 0 fully saturated rings. The lowest BCUT2D eigenvalue weighted by atomic mass is 10.1. The summed E-state index contributed by atoms with van der Waals surface area (Å²) in [7, 11) is 0. The smallest absolute Gasteiger partial charge is 0.225 e. The van der Waals surface area contributed by atoms with Gasteiger partial charge in [-0.1, -0.05) is 12.1 Å². The van der Waals surface area contributed by atoms with Gasteiger partial charge in [-0.25, -0.2) is 9.97 Å². The van der Waals surface area contributed by atoms with Gasteiger partial charge in [0, 0.05) is 30.3 Å². The molecule has 6 heteroatoms. The van der Waals surface area contributed by atoms with E-state index in [-0.39, 0.29) is 18.0 Å². The van der Waals surface area contributed by atoms with Gasteiger partial charge in [-0.15, -0.1) is 12.3 Å². The van der Waals surface area contributed by atoms with Crippen molar-refractivity contribution in [2.24, 2.45) is 0 Å². The number of fused-ring (bicyclic) bond motifs is 1. The summed E-state index contributed by atoms with van der Waals surface area (Å²) in [6.07, 6.45) is 9.05. The monoisotopic (exact) mass is 315 g/mol. The number of hydrogen-bond donors (Lipinski definition) is 1. The molecule has 2 aromatic heterocycles. The molecule has 0 bridgehead atoms. The number of benzene rings is 1. The first-order valence-electron chi connectivity index (χ1n) is 7.29. The minimum atomic E-state index is -0.126. The van der Waals surface area contributed by atoms with Crippen LogP contribution in [0.5, 0.6) is 0 Å². The van der Waals surface area contributed by atoms with Gasteiger partial charge in [-0.3, -0.25) is 9.20 Å². The van der Waals surface area contributed by atoms with Crippen molar-refractivity contribution in [3.8, 4) is 29.7 Å². The second-order valence-electron chi connectivity index (χ2n) is 5.06. The maximum atomic E-state index is 11.8. The number of imidazole rings is 1. The molecule has 116 valence electrons. The van der Waals surface area contributed by atoms with Gasteiger partial charge in [0.15, 0.2) is 11.3 Å². The largest absolute Gasteiger partial charge is 0.326 e. The zero-order valence-electron chi connectivity index (χ0n) is 12.7. The predicted molar refractivity (Wildman–Crippen MR) is 89.8 cm³/mol. The summed E-state index contributed by atoms with van der Waals surface area (Å²) in [5.41, 5.74) is 3.15. The molecule has 0 saturated heterocycles. The molecule has 1 amide bonds. The Bertz CT molecular complexity index is 991. The van der Waals surface area contributed by atoms with Crippen molar-refractivity contribution in [1.82, 2.24) is 14.4 Å². The predicted octanol–water partition coefficient (Wildman–Crippen LogP) is 2.62. The molecule has 0 unspecified atom stereocenters. The molecule has 0 atom stereocenters. The number of rotatable bonds is 4. The van der Waals surface area contributed by atoms with Gasteiger partial charge >= 0.3 is 0 Å². The first-order valence-corrected chi connectivity index (χ1v) is 7.29. The van der Waals surface area contributed by atoms with Crippen molar-refractivity contribution in [1.29, 1.82) is 5.26 Å². The van der Waals surface area contributed by atoms with Crippen molar-refractivity contribution in [3.63, 3.8) is 0 Å². The Morgan fingerprint density at radius 3 is 3.00 bits per heavy atom. The highest BCUT2D eigenvalue weighted by Crippen LogP contribution is 2.24. The molecular formula is C18H13N5O. The molecule has 1 aromatic carbocycles. The molecule has 1 N–H and O–H groups in total. The van der Waals surface area contributed by atoms with Crippen LogP contribution in [0.3, 0.4) is 0 Å². The molecule has 6 nitrogen and oxygen atoms in total. The normalized spacial score (nSPS) is 10.1. The Labute approximate surface area is 138 Å². The van der Waals surface area contributed by atoms with E-state index in [0.29, 0.717) is 17.8 Å². The number of amides is 1. The zero-order chi connectivity index (χ0) is 16.9. The molecule has 0 spiro atoms. The summed E-state index contributed by atoms with van der Waals surface area (Å²) in [5.74, 6) is 2.32. The molecule has 0 aliphatic carbocycles. The van der Waals surface area contributed by atoms with Crippen molar-refractivity contribution in [2.75, 3.05) is 5.32 Å². The minimum absolute atomic E-state index is 0.126. The Morgan fingerprint density at radius 1 is 1.33 bits per heavy atom. The number of nitrogens with one attached hydrogen (secondary N) is 1. The van der Waals surface area contributed by atoms with Gasteiger partial charge < -0.3 is 5.32 Å². The van der Waals surface area contributed by atoms with Crippen LogP contribution in [0.2, 0.25) is 0 Å². The van der Waals surface area contributed by atoms with E-state index < -0.39 is 0 Å². The standard InChI is InChI=1S/C18H13N5O/c1-2-3-7-17(24)22-14-6-4-5-13(10-14)16-8-9-20-18-15(11-19)21-12-23(16)18/h1,4-6,8-10,12H,3,7H2,(H,22,24). The molecule has 0 radical (unpaired) electrons. The van der Waals surface area contributed by atoms with E-state index in [1.807, 2.05) is 36.4 Å². The molecule has 0 saturated carbocycles. The summed E-state index contributed by atoms with van der Waals surface area (Å²) in [6.45, 7) is 0. The van der Waals surface area contributed by atoms with Gasteiger partial charge in [-0.2, -0.15) is 5.26 Å². The van der Waals surface area contributed by atoms with E-state index in [4.69, 9.17) is 11.7 Å². The van der Waals surface area contributed by atoms with Gasteiger partial charge in [0.1, 0.15) is 12.4 Å². The van der Waals surface area contributed by atoms with E-state index in [9.17, 15) is 4.79 Å². The Kier molecular flexibility index (Phi) is 4.22. The number of nitrogens with zero attached hydrogens (tertiary/aromatic N) is 4. The second kappa shape index (κ2) is 6.64. The van der Waals surface area contributed by atoms with Gasteiger partial charge in [-0.05, 0) is 18.2 Å². The fourth-order valence-corrected chi connectivity index (χ4v) is 2.38. The highest BCUT2D eigenvalue weighted by molar-refractivity contribution is 5.91. The third kappa shape index (κ3) is 2.94. The summed E-state index contributed by atoms with van der Waals surface area (Å²) in [4.78, 5) is 20.1. The lowest BCUT2D eigenvalue weighted by Gasteiger charge is -2.09. The van der Waals surface area contributed by atoms with E-state index in [1.54, 1.807) is 16.9 Å². The maximum Gasteiger partial charge on any atom is 0.225 e. The first-order chi connectivity index (χ1) is 11.7. The fraction of sp³-hybridized carbons (Fsp3) is 0.111. The van der Waals surface area contributed by atoms with Crippen LogP contribution in [0.1, 0.15) is 18.5 Å². The number of nitriles is 1. The molecule has 3 rings (SSSR count). The molecule has 2 heterocycles. The van der Waals surface area contributed by atoms with Crippen molar-refractivity contribution < 1.29 is 4.79 Å². The van der Waals surface area contributed by atoms with Crippen LogP contribution in [-0.2, 0) is 4.79 Å². The summed E-state index contributed by atoms with van der Waals surface area (Å²) >= 11 is 0. The quantitative estimate of drug-likeness (QED) is 0.750. The van der Waals surface area contributed by atoms with Gasteiger partial charge in [0.05, 0.1) is 5.69 Å². The average molecular weight is 315 g/mol. The van der Waals surface area contributed by atoms with Crippen LogP contribution in [0.4, 0.5) is 5.69 Å². The van der Waals surface area contributed by atoms with Gasteiger partial charge in [0.25, 0.3) is 0 Å². The Morgan fingerprint density at radius 2 is 2.21 bits per heavy atom. The topological polar surface area (TPSA) is 83.1 Å². The van der Waals surface area contributed by atoms with Crippen LogP contribution >= 0.6 is 0 Å². The summed E-state index contributed by atoms with van der Waals surface area (Å²) in [6, 6.07) is 11.3. The number of anilines is 1. The van der Waals surface area contributed by atoms with Crippen molar-refractivity contribution >= 4 is 17.2 Å². The van der Waals surface area contributed by atoms with Crippen LogP contribution in [0.15, 0.2) is 42.9 Å². The third-order valence-corrected chi connectivity index (χ3v) is 3.48. The molecule has 0 aliphatic heterocycles. The van der Waals surface area contributed by atoms with Crippen LogP contribution in [0, 0.1) is 23.7 Å².